The van der Waals surface area contributed by atoms with E-state index in [9.17, 15) is 9.59 Å². The van der Waals surface area contributed by atoms with Gasteiger partial charge in [-0.3, -0.25) is 18.4 Å². The molecule has 0 amide bonds. The molecule has 0 spiro atoms. The van der Waals surface area contributed by atoms with Gasteiger partial charge in [-0.05, 0) is 113 Å². The number of rotatable bonds is 0. The molecule has 14 rings (SSSR count). The summed E-state index contributed by atoms with van der Waals surface area (Å²) in [5.41, 5.74) is 4.61. The first-order valence-electron chi connectivity index (χ1n) is 17.5. The molecule has 4 heterocycles. The second-order valence-electron chi connectivity index (χ2n) is 14.3. The van der Waals surface area contributed by atoms with Gasteiger partial charge in [0.1, 0.15) is 11.3 Å². The summed E-state index contributed by atoms with van der Waals surface area (Å²) in [4.78, 5) is 38.3. The first-order valence-corrected chi connectivity index (χ1v) is 17.5. The second-order valence-corrected chi connectivity index (χ2v) is 14.3. The fraction of sp³-hybridized carbons (Fsp3) is 0. The minimum absolute atomic E-state index is 0.0402. The molecular formula is C46H20N4O2. The maximum atomic E-state index is 14.2. The van der Waals surface area contributed by atoms with Crippen molar-refractivity contribution in [3.8, 4) is 0 Å². The van der Waals surface area contributed by atoms with Crippen LogP contribution in [0.1, 0.15) is 0 Å². The van der Waals surface area contributed by atoms with E-state index in [4.69, 9.17) is 9.97 Å². The van der Waals surface area contributed by atoms with Gasteiger partial charge in [-0.1, -0.05) is 72.8 Å². The molecule has 4 aromatic heterocycles. The lowest BCUT2D eigenvalue weighted by Gasteiger charge is -2.21. The highest BCUT2D eigenvalue weighted by Gasteiger charge is 2.25. The Morgan fingerprint density at radius 3 is 0.923 bits per heavy atom. The number of para-hydroxylation sites is 4. The van der Waals surface area contributed by atoms with E-state index in [1.165, 1.54) is 10.8 Å². The van der Waals surface area contributed by atoms with E-state index < -0.39 is 0 Å². The summed E-state index contributed by atoms with van der Waals surface area (Å²) >= 11 is 0. The number of hydrogen-bond donors (Lipinski definition) is 0. The average Bonchev–Trinajstić information content (AvgIpc) is 3.78. The first kappa shape index (κ1) is 25.7. The minimum atomic E-state index is -0.0402. The number of imidazole rings is 2. The van der Waals surface area contributed by atoms with Crippen LogP contribution in [-0.2, 0) is 0 Å². The molecule has 0 saturated heterocycles. The van der Waals surface area contributed by atoms with Gasteiger partial charge in [0.25, 0.3) is 11.1 Å². The van der Waals surface area contributed by atoms with Crippen molar-refractivity contribution >= 4 is 130 Å². The Morgan fingerprint density at radius 2 is 0.577 bits per heavy atom. The molecule has 236 valence electrons. The van der Waals surface area contributed by atoms with Gasteiger partial charge in [-0.2, -0.15) is 0 Å². The van der Waals surface area contributed by atoms with Crippen LogP contribution in [-0.4, -0.2) is 18.8 Å². The number of hydrogen-bond acceptors (Lipinski definition) is 4. The van der Waals surface area contributed by atoms with Crippen molar-refractivity contribution < 1.29 is 0 Å². The molecule has 0 saturated carbocycles. The Bertz CT molecular complexity index is 3750. The number of pyridine rings is 2. The van der Waals surface area contributed by atoms with Crippen molar-refractivity contribution in [3.63, 3.8) is 0 Å². The van der Waals surface area contributed by atoms with E-state index in [2.05, 4.69) is 60.7 Å². The number of fused-ring (bicyclic) bond motifs is 12. The van der Waals surface area contributed by atoms with E-state index >= 15 is 0 Å². The van der Waals surface area contributed by atoms with Gasteiger partial charge in [-0.25, -0.2) is 9.97 Å². The lowest BCUT2D eigenvalue weighted by Crippen LogP contribution is -2.13. The lowest BCUT2D eigenvalue weighted by atomic mass is 9.82. The van der Waals surface area contributed by atoms with Gasteiger partial charge in [0.2, 0.25) is 0 Å². The molecule has 0 aliphatic rings. The van der Waals surface area contributed by atoms with Crippen LogP contribution in [0.25, 0.3) is 130 Å². The van der Waals surface area contributed by atoms with E-state index in [-0.39, 0.29) is 11.1 Å². The van der Waals surface area contributed by atoms with Crippen molar-refractivity contribution in [2.45, 2.75) is 0 Å². The third kappa shape index (κ3) is 2.63. The number of aromatic nitrogens is 4. The van der Waals surface area contributed by atoms with Gasteiger partial charge >= 0.3 is 0 Å². The Kier molecular flexibility index (Phi) is 4.07. The SMILES string of the molecule is O=c1c2ccc3c4ccc5c6ccc7c(=O)n8c9ccccc9nc8c8ccc(c9ccc(c%10ccc(c2c3%10)c2nc3ccccc3n12)c4c59)c6c78. The quantitative estimate of drug-likeness (QED) is 0.120. The van der Waals surface area contributed by atoms with Gasteiger partial charge in [0.05, 0.1) is 22.1 Å². The Balaban J connectivity index is 1.17. The summed E-state index contributed by atoms with van der Waals surface area (Å²) in [6.45, 7) is 0. The van der Waals surface area contributed by atoms with E-state index in [0.29, 0.717) is 22.1 Å². The van der Waals surface area contributed by atoms with Gasteiger partial charge in [0, 0.05) is 32.3 Å². The van der Waals surface area contributed by atoms with Crippen LogP contribution in [0.3, 0.4) is 0 Å². The summed E-state index contributed by atoms with van der Waals surface area (Å²) < 4.78 is 3.54. The number of benzene rings is 10. The Morgan fingerprint density at radius 1 is 0.308 bits per heavy atom. The topological polar surface area (TPSA) is 68.7 Å². The molecule has 52 heavy (non-hydrogen) atoms. The third-order valence-electron chi connectivity index (χ3n) is 12.1. The molecule has 0 aliphatic carbocycles. The standard InChI is InChI=1S/C46H20N4O2/c51-45-31-19-15-27-23-11-12-24-28-16-20-32-42-30(44-48-34-6-2-4-8-36(34)50(44)46(32)52)18-14-26(40(28)42)22-10-9-21(37(23)38(22)24)25-13-17-29(41(31)39(25)27)43-47-33-5-1-3-7-35(33)49(43)45/h1-20H. The molecule has 0 radical (unpaired) electrons. The summed E-state index contributed by atoms with van der Waals surface area (Å²) in [5.74, 6) is 0. The smallest absolute Gasteiger partial charge is 0.264 e. The van der Waals surface area contributed by atoms with Crippen molar-refractivity contribution in [3.05, 3.63) is 142 Å². The maximum absolute atomic E-state index is 14.2. The van der Waals surface area contributed by atoms with Crippen LogP contribution < -0.4 is 11.1 Å². The van der Waals surface area contributed by atoms with Crippen molar-refractivity contribution in [1.29, 1.82) is 0 Å². The molecule has 6 heteroatoms. The van der Waals surface area contributed by atoms with E-state index in [0.717, 1.165) is 97.5 Å². The van der Waals surface area contributed by atoms with Gasteiger partial charge in [-0.15, -0.1) is 0 Å². The molecule has 0 N–H and O–H groups in total. The molecule has 10 aromatic carbocycles. The molecule has 6 nitrogen and oxygen atoms in total. The maximum Gasteiger partial charge on any atom is 0.264 e. The highest BCUT2D eigenvalue weighted by molar-refractivity contribution is 6.45. The fourth-order valence-electron chi connectivity index (χ4n) is 10.1. The second kappa shape index (κ2) is 8.23. The summed E-state index contributed by atoms with van der Waals surface area (Å²) in [7, 11) is 0. The highest BCUT2D eigenvalue weighted by Crippen LogP contribution is 2.49. The zero-order valence-corrected chi connectivity index (χ0v) is 27.2. The van der Waals surface area contributed by atoms with Gasteiger partial charge < -0.3 is 0 Å². The minimum Gasteiger partial charge on any atom is -0.268 e. The summed E-state index contributed by atoms with van der Waals surface area (Å²) in [6.07, 6.45) is 0. The molecule has 0 fully saturated rings. The lowest BCUT2D eigenvalue weighted by molar-refractivity contribution is 1.19. The predicted octanol–water partition coefficient (Wildman–Crippen LogP) is 10.1. The van der Waals surface area contributed by atoms with Crippen molar-refractivity contribution in [2.24, 2.45) is 0 Å². The van der Waals surface area contributed by atoms with Crippen LogP contribution in [0.2, 0.25) is 0 Å². The molecule has 0 unspecified atom stereocenters. The molecule has 14 aromatic rings. The Hall–Kier alpha value is -7.18. The molecule has 0 atom stereocenters. The fourth-order valence-corrected chi connectivity index (χ4v) is 10.1. The molecule has 0 bridgehead atoms. The van der Waals surface area contributed by atoms with E-state index in [1.54, 1.807) is 8.80 Å². The van der Waals surface area contributed by atoms with Gasteiger partial charge in [0.15, 0.2) is 0 Å². The van der Waals surface area contributed by atoms with E-state index in [1.807, 2.05) is 60.7 Å². The molecule has 0 aliphatic heterocycles. The third-order valence-corrected chi connectivity index (χ3v) is 12.1. The zero-order chi connectivity index (χ0) is 33.7. The van der Waals surface area contributed by atoms with Crippen LogP contribution >= 0.6 is 0 Å². The molecular weight excluding hydrogens is 641 g/mol. The van der Waals surface area contributed by atoms with Crippen LogP contribution in [0, 0.1) is 0 Å². The predicted molar refractivity (Wildman–Crippen MR) is 214 cm³/mol. The largest absolute Gasteiger partial charge is 0.268 e. The summed E-state index contributed by atoms with van der Waals surface area (Å²) in [6, 6.07) is 41.8. The van der Waals surface area contributed by atoms with Crippen molar-refractivity contribution in [1.82, 2.24) is 18.8 Å². The average molecular weight is 661 g/mol. The highest BCUT2D eigenvalue weighted by atomic mass is 16.1. The Labute approximate surface area is 290 Å². The van der Waals surface area contributed by atoms with Crippen LogP contribution in [0.4, 0.5) is 0 Å². The van der Waals surface area contributed by atoms with Crippen LogP contribution in [0.5, 0.6) is 0 Å². The zero-order valence-electron chi connectivity index (χ0n) is 27.2. The first-order chi connectivity index (χ1) is 25.7. The number of nitrogens with zero attached hydrogens (tertiary/aromatic N) is 4. The van der Waals surface area contributed by atoms with Crippen LogP contribution in [0.15, 0.2) is 131 Å². The van der Waals surface area contributed by atoms with Crippen molar-refractivity contribution in [2.75, 3.05) is 0 Å². The monoisotopic (exact) mass is 660 g/mol. The normalized spacial score (nSPS) is 13.2. The summed E-state index contributed by atoms with van der Waals surface area (Å²) in [5, 5.41) is 19.1.